The van der Waals surface area contributed by atoms with E-state index >= 15 is 0 Å². The quantitative estimate of drug-likeness (QED) is 0.329. The van der Waals surface area contributed by atoms with Gasteiger partial charge in [0.1, 0.15) is 18.1 Å². The second kappa shape index (κ2) is 14.1. The average Bonchev–Trinajstić information content (AvgIpc) is 2.88. The van der Waals surface area contributed by atoms with Gasteiger partial charge in [0.2, 0.25) is 0 Å². The highest BCUT2D eigenvalue weighted by Crippen LogP contribution is 2.41. The standard InChI is InChI=1S/C29H34O10S/c1-6-20-10-12-21(13-11-20)14-22-23(34)8-7-9-24(22)39-29-28(38-19(5)33)27(37-18(4)32)26(36-17(3)31)25(40-29)15-35-16(2)30/h7-13,25-29,34H,6,14-15H2,1-5H3/t25-,26+,27-,28+,29-/m0/s1. The fourth-order valence-corrected chi connectivity index (χ4v) is 5.73. The van der Waals surface area contributed by atoms with Crippen molar-refractivity contribution in [1.29, 1.82) is 0 Å². The first-order valence-electron chi connectivity index (χ1n) is 12.8. The summed E-state index contributed by atoms with van der Waals surface area (Å²) in [5, 5.41) is 10.0. The summed E-state index contributed by atoms with van der Waals surface area (Å²) in [7, 11) is 0. The van der Waals surface area contributed by atoms with Crippen LogP contribution >= 0.6 is 11.8 Å². The van der Waals surface area contributed by atoms with Crippen LogP contribution in [0.2, 0.25) is 0 Å². The van der Waals surface area contributed by atoms with Gasteiger partial charge < -0.3 is 28.8 Å². The van der Waals surface area contributed by atoms with E-state index in [1.807, 2.05) is 24.3 Å². The van der Waals surface area contributed by atoms with E-state index in [0.717, 1.165) is 23.7 Å². The number of phenolic OH excluding ortho intramolecular Hbond substituents is 1. The van der Waals surface area contributed by atoms with Crippen LogP contribution in [0.4, 0.5) is 0 Å². The van der Waals surface area contributed by atoms with E-state index in [4.69, 9.17) is 23.7 Å². The number of hydrogen-bond acceptors (Lipinski definition) is 11. The molecule has 0 saturated carbocycles. The zero-order valence-electron chi connectivity index (χ0n) is 23.1. The van der Waals surface area contributed by atoms with Gasteiger partial charge in [0.25, 0.3) is 0 Å². The number of aryl methyl sites for hydroxylation is 1. The molecule has 1 heterocycles. The number of rotatable bonds is 10. The highest BCUT2D eigenvalue weighted by molar-refractivity contribution is 8.00. The van der Waals surface area contributed by atoms with Gasteiger partial charge in [0, 0.05) is 39.7 Å². The minimum Gasteiger partial charge on any atom is -0.508 e. The molecule has 1 aliphatic heterocycles. The van der Waals surface area contributed by atoms with Crippen LogP contribution in [0.25, 0.3) is 0 Å². The molecule has 2 aromatic carbocycles. The molecule has 10 nitrogen and oxygen atoms in total. The van der Waals surface area contributed by atoms with E-state index in [2.05, 4.69) is 6.92 Å². The summed E-state index contributed by atoms with van der Waals surface area (Å²) in [5.41, 5.74) is 1.62. The second-order valence-electron chi connectivity index (χ2n) is 9.29. The molecule has 0 aliphatic carbocycles. The molecular weight excluding hydrogens is 540 g/mol. The molecule has 0 radical (unpaired) electrons. The Balaban J connectivity index is 2.02. The summed E-state index contributed by atoms with van der Waals surface area (Å²) < 4.78 is 28.1. The molecule has 0 amide bonds. The molecule has 0 unspecified atom stereocenters. The van der Waals surface area contributed by atoms with Gasteiger partial charge in [0.05, 0.1) is 5.25 Å². The fraction of sp³-hybridized carbons (Fsp3) is 0.448. The Labute approximate surface area is 237 Å². The Hall–Kier alpha value is -3.73. The Morgan fingerprint density at radius 1 is 0.775 bits per heavy atom. The van der Waals surface area contributed by atoms with Crippen molar-refractivity contribution < 1.29 is 48.0 Å². The molecule has 1 saturated heterocycles. The molecule has 3 rings (SSSR count). The number of ether oxygens (including phenoxy) is 5. The maximum Gasteiger partial charge on any atom is 0.303 e. The molecule has 40 heavy (non-hydrogen) atoms. The van der Waals surface area contributed by atoms with Crippen LogP contribution in [0.3, 0.4) is 0 Å². The zero-order chi connectivity index (χ0) is 29.4. The molecule has 1 N–H and O–H groups in total. The third-order valence-electron chi connectivity index (χ3n) is 6.11. The van der Waals surface area contributed by atoms with Crippen molar-refractivity contribution in [2.45, 2.75) is 76.5 Å². The van der Waals surface area contributed by atoms with Crippen molar-refractivity contribution in [3.8, 4) is 11.5 Å². The molecule has 0 aromatic heterocycles. The van der Waals surface area contributed by atoms with Gasteiger partial charge in [-0.15, -0.1) is 11.8 Å². The predicted molar refractivity (Wildman–Crippen MR) is 146 cm³/mol. The van der Waals surface area contributed by atoms with Crippen molar-refractivity contribution in [2.24, 2.45) is 0 Å². The summed E-state index contributed by atoms with van der Waals surface area (Å²) in [6, 6.07) is 12.8. The molecule has 216 valence electrons. The normalized spacial score (nSPS) is 22.1. The summed E-state index contributed by atoms with van der Waals surface area (Å²) in [5.74, 6) is -2.29. The van der Waals surface area contributed by atoms with Crippen LogP contribution in [0, 0.1) is 0 Å². The van der Waals surface area contributed by atoms with Crippen molar-refractivity contribution in [3.63, 3.8) is 0 Å². The van der Waals surface area contributed by atoms with Gasteiger partial charge in [-0.3, -0.25) is 19.2 Å². The van der Waals surface area contributed by atoms with Crippen LogP contribution in [-0.2, 0) is 51.0 Å². The first-order chi connectivity index (χ1) is 19.0. The van der Waals surface area contributed by atoms with E-state index in [1.165, 1.54) is 33.3 Å². The van der Waals surface area contributed by atoms with E-state index in [1.54, 1.807) is 18.2 Å². The smallest absolute Gasteiger partial charge is 0.303 e. The van der Waals surface area contributed by atoms with Crippen LogP contribution in [-0.4, -0.2) is 64.6 Å². The van der Waals surface area contributed by atoms with E-state index in [0.29, 0.717) is 17.7 Å². The summed E-state index contributed by atoms with van der Waals surface area (Å²) in [6.07, 6.45) is -2.34. The highest BCUT2D eigenvalue weighted by Gasteiger charge is 2.53. The van der Waals surface area contributed by atoms with E-state index in [9.17, 15) is 24.3 Å². The predicted octanol–water partition coefficient (Wildman–Crippen LogP) is 3.72. The maximum atomic E-state index is 12.1. The highest BCUT2D eigenvalue weighted by atomic mass is 32.2. The summed E-state index contributed by atoms with van der Waals surface area (Å²) >= 11 is 1.10. The van der Waals surface area contributed by atoms with Gasteiger partial charge in [-0.1, -0.05) is 37.3 Å². The van der Waals surface area contributed by atoms with Gasteiger partial charge in [0.15, 0.2) is 23.7 Å². The summed E-state index contributed by atoms with van der Waals surface area (Å²) in [4.78, 5) is 47.8. The molecule has 11 heteroatoms. The topological polar surface area (TPSA) is 135 Å². The molecule has 5 atom stereocenters. The van der Waals surface area contributed by atoms with Gasteiger partial charge in [-0.25, -0.2) is 0 Å². The molecule has 1 aliphatic rings. The lowest BCUT2D eigenvalue weighted by atomic mass is 10.0. The van der Waals surface area contributed by atoms with Gasteiger partial charge >= 0.3 is 23.9 Å². The Morgan fingerprint density at radius 2 is 1.35 bits per heavy atom. The lowest BCUT2D eigenvalue weighted by molar-refractivity contribution is -0.190. The molecule has 0 bridgehead atoms. The number of thioether (sulfide) groups is 1. The van der Waals surface area contributed by atoms with Crippen molar-refractivity contribution in [2.75, 3.05) is 6.61 Å². The molecule has 0 spiro atoms. The lowest BCUT2D eigenvalue weighted by Gasteiger charge is -2.43. The number of hydrogen-bond donors (Lipinski definition) is 1. The minimum absolute atomic E-state index is 0.00713. The SMILES string of the molecule is CCc1ccc(Cc2c(O)cccc2O[C@H]2S[C@@H](COC(C)=O)[C@@H](OC(C)=O)[C@H](OC(C)=O)[C@H]2OC(C)=O)cc1. The third-order valence-corrected chi connectivity index (χ3v) is 7.50. The van der Waals surface area contributed by atoms with Crippen LogP contribution < -0.4 is 4.74 Å². The van der Waals surface area contributed by atoms with Crippen LogP contribution in [0.15, 0.2) is 42.5 Å². The number of carbonyl (C=O) groups is 4. The number of benzene rings is 2. The van der Waals surface area contributed by atoms with Crippen molar-refractivity contribution >= 4 is 35.6 Å². The average molecular weight is 575 g/mol. The maximum absolute atomic E-state index is 12.1. The van der Waals surface area contributed by atoms with E-state index < -0.39 is 52.9 Å². The minimum atomic E-state index is -1.26. The number of esters is 4. The van der Waals surface area contributed by atoms with Crippen LogP contribution in [0.5, 0.6) is 11.5 Å². The lowest BCUT2D eigenvalue weighted by Crippen LogP contribution is -2.59. The molecule has 1 fully saturated rings. The van der Waals surface area contributed by atoms with E-state index in [-0.39, 0.29) is 12.4 Å². The monoisotopic (exact) mass is 574 g/mol. The fourth-order valence-electron chi connectivity index (χ4n) is 4.35. The molecular formula is C29H34O10S. The first-order valence-corrected chi connectivity index (χ1v) is 13.8. The Kier molecular flexibility index (Phi) is 10.8. The number of carbonyl (C=O) groups excluding carboxylic acids is 4. The van der Waals surface area contributed by atoms with Crippen LogP contribution in [0.1, 0.15) is 51.3 Å². The Bertz CT molecular complexity index is 1210. The third kappa shape index (κ3) is 8.38. The number of phenols is 1. The van der Waals surface area contributed by atoms with Gasteiger partial charge in [-0.05, 0) is 29.7 Å². The number of aromatic hydroxyl groups is 1. The van der Waals surface area contributed by atoms with Crippen molar-refractivity contribution in [3.05, 3.63) is 59.2 Å². The molecule has 2 aromatic rings. The first kappa shape index (κ1) is 30.8. The van der Waals surface area contributed by atoms with Gasteiger partial charge in [-0.2, -0.15) is 0 Å². The Morgan fingerprint density at radius 3 is 1.93 bits per heavy atom. The second-order valence-corrected chi connectivity index (χ2v) is 10.6. The largest absolute Gasteiger partial charge is 0.508 e. The summed E-state index contributed by atoms with van der Waals surface area (Å²) in [6.45, 7) is 6.66. The zero-order valence-corrected chi connectivity index (χ0v) is 23.9. The van der Waals surface area contributed by atoms with Crippen molar-refractivity contribution in [1.82, 2.24) is 0 Å².